The van der Waals surface area contributed by atoms with Crippen LogP contribution < -0.4 is 0 Å². The Labute approximate surface area is 111 Å². The van der Waals surface area contributed by atoms with E-state index in [1.165, 1.54) is 0 Å². The van der Waals surface area contributed by atoms with Crippen LogP contribution in [0.4, 0.5) is 0 Å². The maximum Gasteiger partial charge on any atom is 0.196 e. The third-order valence-corrected chi connectivity index (χ3v) is 3.17. The molecule has 0 saturated heterocycles. The van der Waals surface area contributed by atoms with E-state index < -0.39 is 0 Å². The Morgan fingerprint density at radius 3 is 2.59 bits per heavy atom. The molecule has 17 heavy (non-hydrogen) atoms. The van der Waals surface area contributed by atoms with Gasteiger partial charge in [-0.15, -0.1) is 0 Å². The molecular weight excluding hydrogens is 257 g/mol. The maximum absolute atomic E-state index is 5.96. The van der Waals surface area contributed by atoms with E-state index in [1.807, 2.05) is 12.1 Å². The lowest BCUT2D eigenvalue weighted by atomic mass is 10.1. The van der Waals surface area contributed by atoms with Crippen molar-refractivity contribution in [2.75, 3.05) is 0 Å². The second-order valence-electron chi connectivity index (χ2n) is 4.24. The summed E-state index contributed by atoms with van der Waals surface area (Å²) in [5.41, 5.74) is 1.06. The van der Waals surface area contributed by atoms with Crippen LogP contribution in [-0.4, -0.2) is 4.98 Å². The van der Waals surface area contributed by atoms with Crippen molar-refractivity contribution >= 4 is 23.2 Å². The van der Waals surface area contributed by atoms with Crippen molar-refractivity contribution in [3.8, 4) is 0 Å². The van der Waals surface area contributed by atoms with E-state index in [0.717, 1.165) is 17.2 Å². The van der Waals surface area contributed by atoms with Gasteiger partial charge < -0.3 is 4.42 Å². The quantitative estimate of drug-likeness (QED) is 0.808. The zero-order valence-electron chi connectivity index (χ0n) is 9.71. The number of hydrogen-bond donors (Lipinski definition) is 0. The van der Waals surface area contributed by atoms with E-state index in [0.29, 0.717) is 22.4 Å². The van der Waals surface area contributed by atoms with E-state index in [-0.39, 0.29) is 0 Å². The predicted octanol–water partition coefficient (Wildman–Crippen LogP) is 4.70. The topological polar surface area (TPSA) is 26.0 Å². The molecule has 0 aliphatic rings. The van der Waals surface area contributed by atoms with Crippen LogP contribution in [-0.2, 0) is 6.42 Å². The molecule has 0 aliphatic heterocycles. The van der Waals surface area contributed by atoms with Gasteiger partial charge in [0.2, 0.25) is 0 Å². The molecule has 0 bridgehead atoms. The van der Waals surface area contributed by atoms with Crippen molar-refractivity contribution in [1.82, 2.24) is 4.98 Å². The zero-order valence-corrected chi connectivity index (χ0v) is 11.2. The van der Waals surface area contributed by atoms with Gasteiger partial charge in [0.25, 0.3) is 0 Å². The first kappa shape index (κ1) is 12.5. The van der Waals surface area contributed by atoms with Gasteiger partial charge in [0.15, 0.2) is 5.89 Å². The van der Waals surface area contributed by atoms with Gasteiger partial charge in [-0.25, -0.2) is 4.98 Å². The van der Waals surface area contributed by atoms with E-state index in [1.54, 1.807) is 12.3 Å². The summed E-state index contributed by atoms with van der Waals surface area (Å²) in [5, 5.41) is 1.13. The highest BCUT2D eigenvalue weighted by atomic mass is 35.5. The monoisotopic (exact) mass is 269 g/mol. The van der Waals surface area contributed by atoms with Gasteiger partial charge in [-0.2, -0.15) is 0 Å². The van der Waals surface area contributed by atoms with E-state index in [9.17, 15) is 0 Å². The molecule has 0 unspecified atom stereocenters. The van der Waals surface area contributed by atoms with Gasteiger partial charge in [0, 0.05) is 12.3 Å². The largest absolute Gasteiger partial charge is 0.445 e. The fraction of sp³-hybridized carbons (Fsp3) is 0.308. The molecule has 0 amide bonds. The van der Waals surface area contributed by atoms with E-state index >= 15 is 0 Å². The molecule has 2 aromatic rings. The Bertz CT molecular complexity index is 520. The summed E-state index contributed by atoms with van der Waals surface area (Å²) in [5.74, 6) is 1.91. The molecule has 4 heteroatoms. The van der Waals surface area contributed by atoms with Crippen LogP contribution in [0, 0.1) is 0 Å². The number of halogens is 2. The Morgan fingerprint density at radius 2 is 2.00 bits per heavy atom. The molecule has 0 spiro atoms. The minimum Gasteiger partial charge on any atom is -0.445 e. The Balaban J connectivity index is 2.16. The maximum atomic E-state index is 5.96. The molecule has 1 heterocycles. The van der Waals surface area contributed by atoms with Gasteiger partial charge in [-0.05, 0) is 17.7 Å². The summed E-state index contributed by atoms with van der Waals surface area (Å²) < 4.78 is 5.63. The molecule has 2 nitrogen and oxygen atoms in total. The lowest BCUT2D eigenvalue weighted by Gasteiger charge is -2.01. The normalized spacial score (nSPS) is 11.1. The molecule has 2 rings (SSSR count). The van der Waals surface area contributed by atoms with Crippen LogP contribution in [0.25, 0.3) is 0 Å². The molecule has 1 aromatic heterocycles. The first-order chi connectivity index (χ1) is 8.06. The van der Waals surface area contributed by atoms with Crippen LogP contribution in [0.1, 0.15) is 37.0 Å². The van der Waals surface area contributed by atoms with Crippen LogP contribution >= 0.6 is 23.2 Å². The number of benzene rings is 1. The summed E-state index contributed by atoms with van der Waals surface area (Å²) in [6, 6.07) is 5.58. The Hall–Kier alpha value is -0.990. The zero-order chi connectivity index (χ0) is 12.4. The molecular formula is C13H13Cl2NO. The molecule has 1 aromatic carbocycles. The van der Waals surface area contributed by atoms with Gasteiger partial charge >= 0.3 is 0 Å². The van der Waals surface area contributed by atoms with Crippen LogP contribution in [0.5, 0.6) is 0 Å². The molecule has 0 atom stereocenters. The highest BCUT2D eigenvalue weighted by Crippen LogP contribution is 2.24. The van der Waals surface area contributed by atoms with E-state index in [2.05, 4.69) is 18.8 Å². The number of hydrogen-bond acceptors (Lipinski definition) is 2. The lowest BCUT2D eigenvalue weighted by molar-refractivity contribution is 0.442. The van der Waals surface area contributed by atoms with Crippen molar-refractivity contribution in [3.05, 3.63) is 51.7 Å². The second-order valence-corrected chi connectivity index (χ2v) is 5.06. The first-order valence-electron chi connectivity index (χ1n) is 5.45. The average Bonchev–Trinajstić information content (AvgIpc) is 2.72. The van der Waals surface area contributed by atoms with Crippen molar-refractivity contribution < 1.29 is 4.42 Å². The summed E-state index contributed by atoms with van der Waals surface area (Å²) in [4.78, 5) is 4.23. The van der Waals surface area contributed by atoms with Gasteiger partial charge in [-0.3, -0.25) is 0 Å². The number of oxazole rings is 1. The predicted molar refractivity (Wildman–Crippen MR) is 69.9 cm³/mol. The minimum atomic E-state index is 0.303. The van der Waals surface area contributed by atoms with Crippen LogP contribution in [0.2, 0.25) is 10.0 Å². The fourth-order valence-corrected chi connectivity index (χ4v) is 1.84. The highest BCUT2D eigenvalue weighted by molar-refractivity contribution is 6.42. The Kier molecular flexibility index (Phi) is 3.75. The first-order valence-corrected chi connectivity index (χ1v) is 6.20. The summed E-state index contributed by atoms with van der Waals surface area (Å²) >= 11 is 11.8. The van der Waals surface area contributed by atoms with Crippen LogP contribution in [0.3, 0.4) is 0 Å². The van der Waals surface area contributed by atoms with Crippen molar-refractivity contribution in [2.24, 2.45) is 0 Å². The minimum absolute atomic E-state index is 0.303. The summed E-state index contributed by atoms with van der Waals surface area (Å²) in [6.07, 6.45) is 2.44. The van der Waals surface area contributed by atoms with Gasteiger partial charge in [-0.1, -0.05) is 43.1 Å². The number of nitrogens with zero attached hydrogens (tertiary/aromatic N) is 1. The molecule has 0 N–H and O–H groups in total. The van der Waals surface area contributed by atoms with Crippen molar-refractivity contribution in [2.45, 2.75) is 26.2 Å². The van der Waals surface area contributed by atoms with Crippen molar-refractivity contribution in [1.29, 1.82) is 0 Å². The standard InChI is InChI=1S/C13H13Cl2NO/c1-8(2)13-16-7-10(17-13)5-9-3-4-11(14)12(15)6-9/h3-4,6-8H,5H2,1-2H3. The molecule has 90 valence electrons. The van der Waals surface area contributed by atoms with Crippen LogP contribution in [0.15, 0.2) is 28.8 Å². The average molecular weight is 270 g/mol. The Morgan fingerprint density at radius 1 is 1.24 bits per heavy atom. The van der Waals surface area contributed by atoms with Gasteiger partial charge in [0.05, 0.1) is 16.2 Å². The smallest absolute Gasteiger partial charge is 0.196 e. The van der Waals surface area contributed by atoms with Crippen molar-refractivity contribution in [3.63, 3.8) is 0 Å². The third-order valence-electron chi connectivity index (χ3n) is 2.43. The lowest BCUT2D eigenvalue weighted by Crippen LogP contribution is -1.87. The third kappa shape index (κ3) is 3.02. The molecule has 0 radical (unpaired) electrons. The molecule has 0 aliphatic carbocycles. The molecule has 0 fully saturated rings. The summed E-state index contributed by atoms with van der Waals surface area (Å²) in [6.45, 7) is 4.10. The summed E-state index contributed by atoms with van der Waals surface area (Å²) in [7, 11) is 0. The fourth-order valence-electron chi connectivity index (χ4n) is 1.52. The molecule has 0 saturated carbocycles. The second kappa shape index (κ2) is 5.11. The highest BCUT2D eigenvalue weighted by Gasteiger charge is 2.08. The van der Waals surface area contributed by atoms with Gasteiger partial charge in [0.1, 0.15) is 5.76 Å². The number of rotatable bonds is 3. The van der Waals surface area contributed by atoms with E-state index in [4.69, 9.17) is 27.6 Å². The number of aromatic nitrogens is 1. The SMILES string of the molecule is CC(C)c1ncc(Cc2ccc(Cl)c(Cl)c2)o1.